The molecule has 3 aromatic rings. The minimum atomic E-state index is -0.458. The lowest BCUT2D eigenvalue weighted by Gasteiger charge is -2.35. The van der Waals surface area contributed by atoms with E-state index in [9.17, 15) is 9.59 Å². The zero-order valence-corrected chi connectivity index (χ0v) is 24.1. The average Bonchev–Trinajstić information content (AvgIpc) is 3.29. The van der Waals surface area contributed by atoms with E-state index in [0.29, 0.717) is 11.7 Å². The zero-order valence-electron chi connectivity index (χ0n) is 23.3. The molecule has 0 spiro atoms. The Hall–Kier alpha value is -3.56. The number of nitrogens with one attached hydrogen (secondary N) is 2. The number of anilines is 2. The second-order valence-electron chi connectivity index (χ2n) is 11.2. The van der Waals surface area contributed by atoms with Gasteiger partial charge in [-0.15, -0.1) is 0 Å². The second kappa shape index (κ2) is 10.8. The van der Waals surface area contributed by atoms with Gasteiger partial charge in [0.2, 0.25) is 5.91 Å². The number of aryl methyl sites for hydroxylation is 1. The van der Waals surface area contributed by atoms with Crippen molar-refractivity contribution in [2.75, 3.05) is 25.0 Å². The van der Waals surface area contributed by atoms with Crippen molar-refractivity contribution in [3.8, 4) is 11.5 Å². The molecule has 2 N–H and O–H groups in total. The van der Waals surface area contributed by atoms with Crippen LogP contribution in [0.4, 0.5) is 16.2 Å². The molecule has 3 aliphatic rings. The van der Waals surface area contributed by atoms with E-state index >= 15 is 0 Å². The van der Waals surface area contributed by atoms with Crippen LogP contribution in [0.2, 0.25) is 0 Å². The molecule has 9 heteroatoms. The summed E-state index contributed by atoms with van der Waals surface area (Å²) in [6.07, 6.45) is 3.75. The van der Waals surface area contributed by atoms with Crippen LogP contribution in [-0.2, 0) is 4.79 Å². The van der Waals surface area contributed by atoms with Crippen LogP contribution in [0.25, 0.3) is 0 Å². The number of nitrogens with zero attached hydrogens (tertiary/aromatic N) is 3. The molecule has 6 rings (SSSR count). The second-order valence-corrected chi connectivity index (χ2v) is 12.3. The standard InChI is InChI=1S/C31H35N5O3S/c1-18(2)22-9-5-6-10-25(22)39-21-11-12-23(19(3)16-21)36-24-13-14-32-30-26(24)27(34-31(36)38)28(40-30)29(37)33-20-8-7-15-35(4)17-20/h5-6,9-14,16,18,20,27-28H,7-8,15,17H2,1-4H3,(H,33,37)(H,34,38)/t20?,27?,28-/m1/s1. The molecule has 3 amide bonds. The number of likely N-dealkylation sites (N-methyl/N-ethyl adjacent to an activating group) is 1. The Morgan fingerprint density at radius 3 is 2.77 bits per heavy atom. The van der Waals surface area contributed by atoms with Crippen molar-refractivity contribution in [3.05, 3.63) is 71.4 Å². The number of benzene rings is 2. The largest absolute Gasteiger partial charge is 0.457 e. The molecule has 1 fully saturated rings. The van der Waals surface area contributed by atoms with Gasteiger partial charge in [0, 0.05) is 24.3 Å². The monoisotopic (exact) mass is 557 g/mol. The first-order chi connectivity index (χ1) is 19.3. The topological polar surface area (TPSA) is 86.8 Å². The van der Waals surface area contributed by atoms with E-state index in [0.717, 1.165) is 64.8 Å². The number of pyridine rings is 1. The van der Waals surface area contributed by atoms with E-state index in [1.54, 1.807) is 11.1 Å². The summed E-state index contributed by atoms with van der Waals surface area (Å²) < 4.78 is 6.27. The third-order valence-electron chi connectivity index (χ3n) is 7.91. The third kappa shape index (κ3) is 4.92. The first-order valence-electron chi connectivity index (χ1n) is 13.9. The zero-order chi connectivity index (χ0) is 28.0. The van der Waals surface area contributed by atoms with Gasteiger partial charge < -0.3 is 20.3 Å². The fourth-order valence-electron chi connectivity index (χ4n) is 5.95. The lowest BCUT2D eigenvalue weighted by Crippen LogP contribution is -2.52. The molecule has 0 saturated carbocycles. The number of amides is 3. The predicted molar refractivity (Wildman–Crippen MR) is 158 cm³/mol. The van der Waals surface area contributed by atoms with Crippen LogP contribution in [0.15, 0.2) is 59.8 Å². The molecule has 0 radical (unpaired) electrons. The minimum absolute atomic E-state index is 0.0487. The summed E-state index contributed by atoms with van der Waals surface area (Å²) >= 11 is 1.43. The third-order valence-corrected chi connectivity index (χ3v) is 9.20. The maximum Gasteiger partial charge on any atom is 0.327 e. The lowest BCUT2D eigenvalue weighted by atomic mass is 9.98. The Morgan fingerprint density at radius 1 is 1.18 bits per heavy atom. The Bertz CT molecular complexity index is 1460. The maximum absolute atomic E-state index is 13.6. The van der Waals surface area contributed by atoms with Gasteiger partial charge in [-0.2, -0.15) is 0 Å². The fourth-order valence-corrected chi connectivity index (χ4v) is 7.19. The van der Waals surface area contributed by atoms with Crippen molar-refractivity contribution < 1.29 is 14.3 Å². The maximum atomic E-state index is 13.6. The van der Waals surface area contributed by atoms with Gasteiger partial charge in [0.1, 0.15) is 21.8 Å². The molecule has 2 aromatic carbocycles. The van der Waals surface area contributed by atoms with Gasteiger partial charge in [-0.25, -0.2) is 9.78 Å². The van der Waals surface area contributed by atoms with Crippen molar-refractivity contribution in [3.63, 3.8) is 0 Å². The van der Waals surface area contributed by atoms with Crippen molar-refractivity contribution in [2.45, 2.75) is 61.9 Å². The van der Waals surface area contributed by atoms with Crippen molar-refractivity contribution >= 4 is 35.1 Å². The molecule has 4 heterocycles. The predicted octanol–water partition coefficient (Wildman–Crippen LogP) is 5.89. The van der Waals surface area contributed by atoms with E-state index in [1.807, 2.05) is 49.4 Å². The quantitative estimate of drug-likeness (QED) is 0.393. The number of hydrogen-bond acceptors (Lipinski definition) is 6. The Morgan fingerprint density at radius 2 is 2.00 bits per heavy atom. The molecule has 40 heavy (non-hydrogen) atoms. The number of ether oxygens (including phenoxy) is 1. The number of para-hydroxylation sites is 1. The Labute approximate surface area is 239 Å². The fraction of sp³-hybridized carbons (Fsp3) is 0.387. The molecule has 208 valence electrons. The summed E-state index contributed by atoms with van der Waals surface area (Å²) in [6, 6.07) is 15.1. The smallest absolute Gasteiger partial charge is 0.327 e. The summed E-state index contributed by atoms with van der Waals surface area (Å²) in [5.74, 6) is 1.83. The molecule has 1 saturated heterocycles. The minimum Gasteiger partial charge on any atom is -0.457 e. The summed E-state index contributed by atoms with van der Waals surface area (Å²) in [7, 11) is 2.08. The van der Waals surface area contributed by atoms with Crippen LogP contribution in [0.5, 0.6) is 11.5 Å². The summed E-state index contributed by atoms with van der Waals surface area (Å²) in [5.41, 5.74) is 4.47. The van der Waals surface area contributed by atoms with E-state index < -0.39 is 11.3 Å². The van der Waals surface area contributed by atoms with Crippen LogP contribution in [0.1, 0.15) is 55.3 Å². The molecule has 0 aliphatic carbocycles. The highest BCUT2D eigenvalue weighted by atomic mass is 32.2. The van der Waals surface area contributed by atoms with Crippen molar-refractivity contribution in [1.29, 1.82) is 0 Å². The number of thioether (sulfide) groups is 1. The number of urea groups is 1. The molecule has 3 atom stereocenters. The summed E-state index contributed by atoms with van der Waals surface area (Å²) in [4.78, 5) is 35.5. The van der Waals surface area contributed by atoms with Crippen LogP contribution >= 0.6 is 11.8 Å². The number of hydrogen-bond donors (Lipinski definition) is 2. The highest BCUT2D eigenvalue weighted by molar-refractivity contribution is 8.01. The van der Waals surface area contributed by atoms with Gasteiger partial charge in [0.25, 0.3) is 0 Å². The van der Waals surface area contributed by atoms with Gasteiger partial charge in [-0.1, -0.05) is 43.8 Å². The van der Waals surface area contributed by atoms with Gasteiger partial charge in [0.05, 0.1) is 17.4 Å². The van der Waals surface area contributed by atoms with Crippen LogP contribution in [-0.4, -0.2) is 53.3 Å². The number of aromatic nitrogens is 1. The number of carbonyl (C=O) groups excluding carboxylic acids is 2. The number of rotatable bonds is 6. The molecule has 3 aliphatic heterocycles. The SMILES string of the molecule is Cc1cc(Oc2ccccc2C(C)C)ccc1N1C(=O)NC2c3c1ccnc3S[C@H]2C(=O)NC1CCCN(C)C1. The molecule has 8 nitrogen and oxygen atoms in total. The Kier molecular flexibility index (Phi) is 7.18. The highest BCUT2D eigenvalue weighted by Gasteiger charge is 2.47. The summed E-state index contributed by atoms with van der Waals surface area (Å²) in [5, 5.41) is 6.68. The van der Waals surface area contributed by atoms with Gasteiger partial charge in [-0.05, 0) is 80.7 Å². The lowest BCUT2D eigenvalue weighted by molar-refractivity contribution is -0.122. The van der Waals surface area contributed by atoms with Crippen molar-refractivity contribution in [2.24, 2.45) is 0 Å². The first-order valence-corrected chi connectivity index (χ1v) is 14.8. The van der Waals surface area contributed by atoms with Crippen LogP contribution in [0.3, 0.4) is 0 Å². The van der Waals surface area contributed by atoms with E-state index in [4.69, 9.17) is 4.74 Å². The molecular formula is C31H35N5O3S. The molecule has 2 unspecified atom stereocenters. The number of piperidine rings is 1. The number of carbonyl (C=O) groups is 2. The Balaban J connectivity index is 1.26. The summed E-state index contributed by atoms with van der Waals surface area (Å²) in [6.45, 7) is 8.16. The van der Waals surface area contributed by atoms with Crippen molar-refractivity contribution in [1.82, 2.24) is 20.5 Å². The van der Waals surface area contributed by atoms with E-state index in [2.05, 4.69) is 47.5 Å². The normalized spacial score (nSPS) is 22.2. The van der Waals surface area contributed by atoms with Gasteiger partial charge in [-0.3, -0.25) is 9.69 Å². The molecular weight excluding hydrogens is 522 g/mol. The van der Waals surface area contributed by atoms with Gasteiger partial charge in [0.15, 0.2) is 0 Å². The average molecular weight is 558 g/mol. The number of likely N-dealkylation sites (tertiary alicyclic amines) is 1. The molecule has 0 bridgehead atoms. The van der Waals surface area contributed by atoms with Gasteiger partial charge >= 0.3 is 6.03 Å². The first kappa shape index (κ1) is 26.7. The van der Waals surface area contributed by atoms with Crippen LogP contribution in [0, 0.1) is 6.92 Å². The highest BCUT2D eigenvalue weighted by Crippen LogP contribution is 2.51. The van der Waals surface area contributed by atoms with E-state index in [-0.39, 0.29) is 18.0 Å². The van der Waals surface area contributed by atoms with E-state index in [1.165, 1.54) is 11.8 Å². The molecule has 1 aromatic heterocycles. The van der Waals surface area contributed by atoms with Crippen LogP contribution < -0.4 is 20.3 Å².